The maximum Gasteiger partial charge on any atom is 0.309 e. The number of fused-ring (bicyclic) bond motifs is 1. The van der Waals surface area contributed by atoms with Gasteiger partial charge in [0.25, 0.3) is 0 Å². The van der Waals surface area contributed by atoms with E-state index in [1.165, 1.54) is 0 Å². The standard InChI is InChI=1S/C18H18N4O2/c1-11-7-8-16-19-15(9-17(23)24)18(22(16)10-11)21-20-14-6-4-5-12(2)13(14)3/h4-8,10H,9H2,1-3H3,(H,23,24). The highest BCUT2D eigenvalue weighted by molar-refractivity contribution is 5.72. The first-order valence-electron chi connectivity index (χ1n) is 7.63. The van der Waals surface area contributed by atoms with E-state index in [1.54, 1.807) is 4.40 Å². The molecule has 0 radical (unpaired) electrons. The predicted octanol–water partition coefficient (Wildman–Crippen LogP) is 4.30. The Morgan fingerprint density at radius 1 is 1.17 bits per heavy atom. The zero-order chi connectivity index (χ0) is 17.3. The Labute approximate surface area is 139 Å². The second-order valence-corrected chi connectivity index (χ2v) is 5.81. The second-order valence-electron chi connectivity index (χ2n) is 5.81. The van der Waals surface area contributed by atoms with Gasteiger partial charge in [-0.1, -0.05) is 18.2 Å². The van der Waals surface area contributed by atoms with Crippen molar-refractivity contribution >= 4 is 23.1 Å². The summed E-state index contributed by atoms with van der Waals surface area (Å²) in [6, 6.07) is 9.60. The number of hydrogen-bond acceptors (Lipinski definition) is 4. The SMILES string of the molecule is Cc1ccc2nc(CC(=O)O)c(N=Nc3cccc(C)c3C)n2c1. The number of imidazole rings is 1. The van der Waals surface area contributed by atoms with Crippen LogP contribution in [-0.4, -0.2) is 20.5 Å². The van der Waals surface area contributed by atoms with Crippen LogP contribution in [0.4, 0.5) is 11.5 Å². The van der Waals surface area contributed by atoms with Crippen LogP contribution >= 0.6 is 0 Å². The van der Waals surface area contributed by atoms with Crippen molar-refractivity contribution in [2.45, 2.75) is 27.2 Å². The van der Waals surface area contributed by atoms with Gasteiger partial charge in [-0.05, 0) is 49.6 Å². The second kappa shape index (κ2) is 6.23. The van der Waals surface area contributed by atoms with Crippen LogP contribution in [0.3, 0.4) is 0 Å². The highest BCUT2D eigenvalue weighted by atomic mass is 16.4. The Kier molecular flexibility index (Phi) is 4.12. The van der Waals surface area contributed by atoms with Crippen LogP contribution < -0.4 is 0 Å². The number of pyridine rings is 1. The van der Waals surface area contributed by atoms with Crippen LogP contribution in [0.25, 0.3) is 5.65 Å². The van der Waals surface area contributed by atoms with Crippen molar-refractivity contribution in [3.05, 3.63) is 58.9 Å². The van der Waals surface area contributed by atoms with Crippen molar-refractivity contribution in [2.24, 2.45) is 10.2 Å². The lowest BCUT2D eigenvalue weighted by Crippen LogP contribution is -2.00. The summed E-state index contributed by atoms with van der Waals surface area (Å²) < 4.78 is 1.78. The molecule has 0 aliphatic heterocycles. The highest BCUT2D eigenvalue weighted by Crippen LogP contribution is 2.27. The van der Waals surface area contributed by atoms with Crippen LogP contribution in [0, 0.1) is 20.8 Å². The molecule has 0 saturated heterocycles. The number of nitrogens with zero attached hydrogens (tertiary/aromatic N) is 4. The van der Waals surface area contributed by atoms with E-state index < -0.39 is 5.97 Å². The molecule has 122 valence electrons. The van der Waals surface area contributed by atoms with E-state index in [4.69, 9.17) is 5.11 Å². The summed E-state index contributed by atoms with van der Waals surface area (Å²) in [7, 11) is 0. The average molecular weight is 322 g/mol. The molecule has 6 heteroatoms. The van der Waals surface area contributed by atoms with Gasteiger partial charge < -0.3 is 5.11 Å². The number of aliphatic carboxylic acids is 1. The summed E-state index contributed by atoms with van der Waals surface area (Å²) in [6.07, 6.45) is 1.69. The molecule has 24 heavy (non-hydrogen) atoms. The third-order valence-electron chi connectivity index (χ3n) is 3.96. The van der Waals surface area contributed by atoms with Gasteiger partial charge in [0.15, 0.2) is 5.82 Å². The first-order chi connectivity index (χ1) is 11.5. The summed E-state index contributed by atoms with van der Waals surface area (Å²) in [5, 5.41) is 17.8. The quantitative estimate of drug-likeness (QED) is 0.727. The van der Waals surface area contributed by atoms with Gasteiger partial charge in [-0.25, -0.2) is 4.98 Å². The number of aromatic nitrogens is 2. The molecule has 3 rings (SSSR count). The Balaban J connectivity index is 2.12. The molecule has 0 unspecified atom stereocenters. The van der Waals surface area contributed by atoms with E-state index in [9.17, 15) is 4.79 Å². The van der Waals surface area contributed by atoms with Crippen LogP contribution in [0.15, 0.2) is 46.8 Å². The maximum atomic E-state index is 11.1. The smallest absolute Gasteiger partial charge is 0.309 e. The summed E-state index contributed by atoms with van der Waals surface area (Å²) in [4.78, 5) is 15.5. The number of hydrogen-bond donors (Lipinski definition) is 1. The summed E-state index contributed by atoms with van der Waals surface area (Å²) in [5.41, 5.74) is 5.04. The number of carboxylic acid groups (broad SMARTS) is 1. The first kappa shape index (κ1) is 15.9. The normalized spacial score (nSPS) is 11.5. The molecule has 0 fully saturated rings. The van der Waals surface area contributed by atoms with E-state index >= 15 is 0 Å². The number of azo groups is 1. The molecular formula is C18H18N4O2. The van der Waals surface area contributed by atoms with Crippen LogP contribution in [0.1, 0.15) is 22.4 Å². The third kappa shape index (κ3) is 3.03. The molecule has 0 saturated carbocycles. The Morgan fingerprint density at radius 2 is 1.96 bits per heavy atom. The fraction of sp³-hybridized carbons (Fsp3) is 0.222. The average Bonchev–Trinajstić information content (AvgIpc) is 2.85. The monoisotopic (exact) mass is 322 g/mol. The highest BCUT2D eigenvalue weighted by Gasteiger charge is 2.15. The number of benzene rings is 1. The van der Waals surface area contributed by atoms with Crippen molar-refractivity contribution < 1.29 is 9.90 Å². The number of aryl methyl sites for hydroxylation is 2. The molecule has 0 amide bonds. The summed E-state index contributed by atoms with van der Waals surface area (Å²) in [6.45, 7) is 5.96. The van der Waals surface area contributed by atoms with Gasteiger partial charge in [0, 0.05) is 6.20 Å². The van der Waals surface area contributed by atoms with E-state index in [1.807, 2.05) is 57.3 Å². The molecule has 0 spiro atoms. The minimum atomic E-state index is -0.946. The molecule has 0 aliphatic carbocycles. The van der Waals surface area contributed by atoms with Crippen molar-refractivity contribution in [1.29, 1.82) is 0 Å². The van der Waals surface area contributed by atoms with Gasteiger partial charge in [0.2, 0.25) is 0 Å². The zero-order valence-electron chi connectivity index (χ0n) is 13.8. The fourth-order valence-electron chi connectivity index (χ4n) is 2.50. The Hall–Kier alpha value is -3.02. The molecule has 0 bridgehead atoms. The zero-order valence-corrected chi connectivity index (χ0v) is 13.8. The summed E-state index contributed by atoms with van der Waals surface area (Å²) >= 11 is 0. The van der Waals surface area contributed by atoms with Crippen LogP contribution in [0.5, 0.6) is 0 Å². The molecule has 6 nitrogen and oxygen atoms in total. The van der Waals surface area contributed by atoms with Gasteiger partial charge in [0.1, 0.15) is 5.65 Å². The molecular weight excluding hydrogens is 304 g/mol. The Morgan fingerprint density at radius 3 is 2.71 bits per heavy atom. The fourth-order valence-corrected chi connectivity index (χ4v) is 2.50. The van der Waals surface area contributed by atoms with E-state index in [-0.39, 0.29) is 6.42 Å². The lowest BCUT2D eigenvalue weighted by atomic mass is 10.1. The summed E-state index contributed by atoms with van der Waals surface area (Å²) in [5.74, 6) is -0.490. The molecule has 0 aliphatic rings. The van der Waals surface area contributed by atoms with Crippen molar-refractivity contribution in [3.8, 4) is 0 Å². The van der Waals surface area contributed by atoms with Gasteiger partial charge >= 0.3 is 5.97 Å². The lowest BCUT2D eigenvalue weighted by Gasteiger charge is -2.03. The molecule has 3 aromatic rings. The molecule has 1 N–H and O–H groups in total. The van der Waals surface area contributed by atoms with Gasteiger partial charge in [-0.2, -0.15) is 0 Å². The lowest BCUT2D eigenvalue weighted by molar-refractivity contribution is -0.136. The van der Waals surface area contributed by atoms with E-state index in [2.05, 4.69) is 15.2 Å². The molecule has 1 aromatic carbocycles. The molecule has 0 atom stereocenters. The topological polar surface area (TPSA) is 79.3 Å². The number of rotatable bonds is 4. The number of carboxylic acids is 1. The van der Waals surface area contributed by atoms with Crippen LogP contribution in [0.2, 0.25) is 0 Å². The van der Waals surface area contributed by atoms with Crippen molar-refractivity contribution in [2.75, 3.05) is 0 Å². The molecule has 2 heterocycles. The van der Waals surface area contributed by atoms with Crippen molar-refractivity contribution in [1.82, 2.24) is 9.38 Å². The van der Waals surface area contributed by atoms with Gasteiger partial charge in [-0.15, -0.1) is 10.2 Å². The largest absolute Gasteiger partial charge is 0.481 e. The minimum Gasteiger partial charge on any atom is -0.481 e. The van der Waals surface area contributed by atoms with Crippen molar-refractivity contribution in [3.63, 3.8) is 0 Å². The molecule has 2 aromatic heterocycles. The van der Waals surface area contributed by atoms with Gasteiger partial charge in [0.05, 0.1) is 17.8 Å². The third-order valence-corrected chi connectivity index (χ3v) is 3.96. The van der Waals surface area contributed by atoms with Gasteiger partial charge in [-0.3, -0.25) is 9.20 Å². The maximum absolute atomic E-state index is 11.1. The first-order valence-corrected chi connectivity index (χ1v) is 7.63. The Bertz CT molecular complexity index is 957. The van der Waals surface area contributed by atoms with E-state index in [0.717, 1.165) is 22.4 Å². The van der Waals surface area contributed by atoms with E-state index in [0.29, 0.717) is 17.2 Å². The minimum absolute atomic E-state index is 0.193. The predicted molar refractivity (Wildman–Crippen MR) is 91.4 cm³/mol. The number of carbonyl (C=O) groups is 1. The van der Waals surface area contributed by atoms with Crippen LogP contribution in [-0.2, 0) is 11.2 Å².